The van der Waals surface area contributed by atoms with Crippen molar-refractivity contribution in [2.75, 3.05) is 0 Å². The summed E-state index contributed by atoms with van der Waals surface area (Å²) >= 11 is 0. The van der Waals surface area contributed by atoms with Crippen LogP contribution in [0.15, 0.2) is 34.9 Å². The highest BCUT2D eigenvalue weighted by atomic mass is 16.1. The first kappa shape index (κ1) is 31.9. The summed E-state index contributed by atoms with van der Waals surface area (Å²) in [5.74, 6) is 0.456. The Balaban J connectivity index is 3.56. The highest BCUT2D eigenvalue weighted by Gasteiger charge is 2.01. The Bertz CT molecular complexity index is 545. The molecule has 0 saturated carbocycles. The van der Waals surface area contributed by atoms with Gasteiger partial charge < -0.3 is 0 Å². The van der Waals surface area contributed by atoms with Gasteiger partial charge in [0.1, 0.15) is 5.78 Å². The molecule has 0 amide bonds. The van der Waals surface area contributed by atoms with Crippen LogP contribution < -0.4 is 0 Å². The molecule has 0 heterocycles. The van der Waals surface area contributed by atoms with Gasteiger partial charge in [0.05, 0.1) is 0 Å². The highest BCUT2D eigenvalue weighted by Crippen LogP contribution is 2.15. The lowest BCUT2D eigenvalue weighted by Gasteiger charge is -2.03. The van der Waals surface area contributed by atoms with E-state index in [4.69, 9.17) is 0 Å². The minimum Gasteiger partial charge on any atom is -0.300 e. The number of rotatable bonds is 23. The van der Waals surface area contributed by atoms with Crippen LogP contribution >= 0.6 is 0 Å². The molecule has 33 heavy (non-hydrogen) atoms. The second kappa shape index (κ2) is 24.0. The maximum atomic E-state index is 12.1. The van der Waals surface area contributed by atoms with E-state index in [0.717, 1.165) is 44.9 Å². The third-order valence-electron chi connectivity index (χ3n) is 6.60. The van der Waals surface area contributed by atoms with Crippen molar-refractivity contribution in [1.29, 1.82) is 0 Å². The van der Waals surface area contributed by atoms with Crippen molar-refractivity contribution in [1.82, 2.24) is 0 Å². The first-order valence-corrected chi connectivity index (χ1v) is 14.4. The first-order valence-electron chi connectivity index (χ1n) is 14.4. The normalized spacial score (nSPS) is 12.3. The third kappa shape index (κ3) is 25.4. The predicted molar refractivity (Wildman–Crippen MR) is 150 cm³/mol. The van der Waals surface area contributed by atoms with E-state index in [0.29, 0.717) is 5.78 Å². The van der Waals surface area contributed by atoms with Crippen molar-refractivity contribution >= 4 is 5.78 Å². The molecule has 192 valence electrons. The number of carbonyl (C=O) groups excluding carboxylic acids is 1. The molecule has 0 saturated heterocycles. The molecule has 0 radical (unpaired) electrons. The van der Waals surface area contributed by atoms with Crippen LogP contribution in [0.4, 0.5) is 0 Å². The summed E-state index contributed by atoms with van der Waals surface area (Å²) in [5, 5.41) is 0. The summed E-state index contributed by atoms with van der Waals surface area (Å²) in [6.07, 6.45) is 31.7. The van der Waals surface area contributed by atoms with Gasteiger partial charge in [0.2, 0.25) is 0 Å². The summed E-state index contributed by atoms with van der Waals surface area (Å²) in [4.78, 5) is 12.1. The van der Waals surface area contributed by atoms with Gasteiger partial charge in [-0.3, -0.25) is 4.79 Å². The maximum Gasteiger partial charge on any atom is 0.133 e. The Morgan fingerprint density at radius 3 is 1.33 bits per heavy atom. The molecule has 0 unspecified atom stereocenters. The van der Waals surface area contributed by atoms with E-state index in [1.165, 1.54) is 100 Å². The standard InChI is InChI=1S/C32H58O/c1-6-7-8-9-10-11-12-13-14-15-16-17-18-27-32(33)28-21-26-31(5)25-20-24-30(4)23-19-22-29(2)3/h22,24,26H,6-21,23,25,27-28H2,1-5H3/b30-24+,31-26+. The molecule has 0 fully saturated rings. The van der Waals surface area contributed by atoms with Gasteiger partial charge in [-0.25, -0.2) is 0 Å². The number of hydrogen-bond acceptors (Lipinski definition) is 1. The Hall–Kier alpha value is -1.11. The zero-order valence-corrected chi connectivity index (χ0v) is 23.3. The largest absolute Gasteiger partial charge is 0.300 e. The number of carbonyl (C=O) groups is 1. The Labute approximate surface area is 208 Å². The van der Waals surface area contributed by atoms with Crippen LogP contribution in [0.2, 0.25) is 0 Å². The molecule has 0 aliphatic rings. The van der Waals surface area contributed by atoms with Crippen LogP contribution in [0.3, 0.4) is 0 Å². The molecule has 0 N–H and O–H groups in total. The van der Waals surface area contributed by atoms with Crippen molar-refractivity contribution < 1.29 is 4.79 Å². The Kier molecular flexibility index (Phi) is 23.2. The molecule has 0 atom stereocenters. The number of ketones is 1. The molecule has 1 heteroatoms. The van der Waals surface area contributed by atoms with Crippen molar-refractivity contribution in [2.45, 2.75) is 163 Å². The number of Topliss-reactive ketones (excluding diaryl/α,β-unsaturated/α-hetero) is 1. The molecule has 0 aromatic rings. The van der Waals surface area contributed by atoms with Gasteiger partial charge in [-0.2, -0.15) is 0 Å². The van der Waals surface area contributed by atoms with Gasteiger partial charge in [0.15, 0.2) is 0 Å². The molecule has 0 aromatic carbocycles. The van der Waals surface area contributed by atoms with E-state index in [-0.39, 0.29) is 0 Å². The molecule has 0 aliphatic carbocycles. The molecule has 0 rings (SSSR count). The van der Waals surface area contributed by atoms with Crippen molar-refractivity contribution in [3.8, 4) is 0 Å². The van der Waals surface area contributed by atoms with Gasteiger partial charge in [0.25, 0.3) is 0 Å². The summed E-state index contributed by atoms with van der Waals surface area (Å²) < 4.78 is 0. The van der Waals surface area contributed by atoms with E-state index in [9.17, 15) is 4.79 Å². The van der Waals surface area contributed by atoms with E-state index >= 15 is 0 Å². The zero-order valence-electron chi connectivity index (χ0n) is 23.3. The fourth-order valence-electron chi connectivity index (χ4n) is 4.28. The average Bonchev–Trinajstić information content (AvgIpc) is 2.76. The quantitative estimate of drug-likeness (QED) is 0.110. The van der Waals surface area contributed by atoms with E-state index in [1.807, 2.05) is 0 Å². The zero-order chi connectivity index (χ0) is 24.6. The van der Waals surface area contributed by atoms with Gasteiger partial charge in [-0.05, 0) is 66.2 Å². The van der Waals surface area contributed by atoms with Crippen LogP contribution in [0.25, 0.3) is 0 Å². The topological polar surface area (TPSA) is 17.1 Å². The number of unbranched alkanes of at least 4 members (excludes halogenated alkanes) is 12. The van der Waals surface area contributed by atoms with Crippen LogP contribution in [0.5, 0.6) is 0 Å². The molecule has 0 bridgehead atoms. The monoisotopic (exact) mass is 458 g/mol. The highest BCUT2D eigenvalue weighted by molar-refractivity contribution is 5.78. The Morgan fingerprint density at radius 2 is 0.879 bits per heavy atom. The number of hydrogen-bond donors (Lipinski definition) is 0. The Morgan fingerprint density at radius 1 is 0.485 bits per heavy atom. The lowest BCUT2D eigenvalue weighted by molar-refractivity contribution is -0.119. The lowest BCUT2D eigenvalue weighted by atomic mass is 10.0. The molecular weight excluding hydrogens is 400 g/mol. The fourth-order valence-corrected chi connectivity index (χ4v) is 4.28. The SMILES string of the molecule is CCCCCCCCCCCCCCCC(=O)CC/C=C(\C)CC/C=C(\C)CCC=C(C)C. The van der Waals surface area contributed by atoms with Crippen molar-refractivity contribution in [2.24, 2.45) is 0 Å². The summed E-state index contributed by atoms with van der Waals surface area (Å²) in [5.41, 5.74) is 4.33. The molecule has 0 aliphatic heterocycles. The summed E-state index contributed by atoms with van der Waals surface area (Å²) in [7, 11) is 0. The average molecular weight is 459 g/mol. The van der Waals surface area contributed by atoms with E-state index < -0.39 is 0 Å². The smallest absolute Gasteiger partial charge is 0.133 e. The second-order valence-corrected chi connectivity index (χ2v) is 10.5. The molecular formula is C32H58O. The van der Waals surface area contributed by atoms with Crippen LogP contribution in [0.1, 0.15) is 163 Å². The van der Waals surface area contributed by atoms with Gasteiger partial charge in [0, 0.05) is 12.8 Å². The maximum absolute atomic E-state index is 12.1. The molecule has 0 aromatic heterocycles. The number of allylic oxidation sites excluding steroid dienone is 6. The summed E-state index contributed by atoms with van der Waals surface area (Å²) in [6.45, 7) is 11.1. The van der Waals surface area contributed by atoms with E-state index in [1.54, 1.807) is 0 Å². The van der Waals surface area contributed by atoms with Gasteiger partial charge >= 0.3 is 0 Å². The second-order valence-electron chi connectivity index (χ2n) is 10.5. The van der Waals surface area contributed by atoms with Gasteiger partial charge in [-0.1, -0.05) is 119 Å². The minimum atomic E-state index is 0.456. The lowest BCUT2D eigenvalue weighted by Crippen LogP contribution is -1.97. The van der Waals surface area contributed by atoms with Crippen LogP contribution in [-0.2, 0) is 4.79 Å². The predicted octanol–water partition coefficient (Wildman–Crippen LogP) is 11.2. The molecule has 0 spiro atoms. The van der Waals surface area contributed by atoms with Crippen LogP contribution in [-0.4, -0.2) is 5.78 Å². The first-order chi connectivity index (χ1) is 16.0. The van der Waals surface area contributed by atoms with Crippen molar-refractivity contribution in [3.63, 3.8) is 0 Å². The van der Waals surface area contributed by atoms with Gasteiger partial charge in [-0.15, -0.1) is 0 Å². The minimum absolute atomic E-state index is 0.456. The van der Waals surface area contributed by atoms with Crippen molar-refractivity contribution in [3.05, 3.63) is 34.9 Å². The fraction of sp³-hybridized carbons (Fsp3) is 0.781. The van der Waals surface area contributed by atoms with Crippen LogP contribution in [0, 0.1) is 0 Å². The third-order valence-corrected chi connectivity index (χ3v) is 6.60. The summed E-state index contributed by atoms with van der Waals surface area (Å²) in [6, 6.07) is 0. The van der Waals surface area contributed by atoms with E-state index in [2.05, 4.69) is 52.8 Å². The molecule has 1 nitrogen and oxygen atoms in total.